The Kier molecular flexibility index (Phi) is 4.18. The molecular formula is C16H20N4O3. The van der Waals surface area contributed by atoms with Gasteiger partial charge in [-0.3, -0.25) is 9.20 Å². The van der Waals surface area contributed by atoms with Gasteiger partial charge in [0.25, 0.3) is 5.91 Å². The van der Waals surface area contributed by atoms with Crippen LogP contribution in [0, 0.1) is 6.92 Å². The quantitative estimate of drug-likeness (QED) is 0.843. The van der Waals surface area contributed by atoms with Crippen molar-refractivity contribution in [2.24, 2.45) is 0 Å². The van der Waals surface area contributed by atoms with Gasteiger partial charge in [-0.2, -0.15) is 0 Å². The summed E-state index contributed by atoms with van der Waals surface area (Å²) < 4.78 is 6.81. The van der Waals surface area contributed by atoms with Gasteiger partial charge in [0.2, 0.25) is 0 Å². The summed E-state index contributed by atoms with van der Waals surface area (Å²) >= 11 is 0. The Morgan fingerprint density at radius 3 is 2.57 bits per heavy atom. The van der Waals surface area contributed by atoms with Crippen molar-refractivity contribution in [2.45, 2.75) is 13.8 Å². The molecule has 0 atom stereocenters. The first kappa shape index (κ1) is 15.3. The summed E-state index contributed by atoms with van der Waals surface area (Å²) in [5, 5.41) is 0. The van der Waals surface area contributed by atoms with Gasteiger partial charge in [-0.15, -0.1) is 0 Å². The van der Waals surface area contributed by atoms with E-state index in [2.05, 4.69) is 4.98 Å². The largest absolute Gasteiger partial charge is 0.450 e. The minimum Gasteiger partial charge on any atom is -0.450 e. The minimum absolute atomic E-state index is 0.0512. The zero-order valence-electron chi connectivity index (χ0n) is 13.4. The van der Waals surface area contributed by atoms with Crippen LogP contribution in [0.1, 0.15) is 23.1 Å². The molecule has 7 heteroatoms. The van der Waals surface area contributed by atoms with Crippen LogP contribution in [0.2, 0.25) is 0 Å². The fraction of sp³-hybridized carbons (Fsp3) is 0.438. The highest BCUT2D eigenvalue weighted by Gasteiger charge is 2.28. The van der Waals surface area contributed by atoms with Crippen LogP contribution in [0.4, 0.5) is 4.79 Å². The molecule has 2 aromatic rings. The molecule has 1 saturated heterocycles. The van der Waals surface area contributed by atoms with Crippen molar-refractivity contribution in [1.29, 1.82) is 0 Å². The lowest BCUT2D eigenvalue weighted by Crippen LogP contribution is -2.51. The number of carbonyl (C=O) groups excluding carboxylic acids is 2. The molecule has 2 amide bonds. The minimum atomic E-state index is -0.314. The molecule has 3 heterocycles. The van der Waals surface area contributed by atoms with Gasteiger partial charge in [-0.05, 0) is 26.0 Å². The smallest absolute Gasteiger partial charge is 0.409 e. The summed E-state index contributed by atoms with van der Waals surface area (Å²) in [6, 6.07) is 5.65. The number of hydrogen-bond acceptors (Lipinski definition) is 4. The Balaban J connectivity index is 1.74. The van der Waals surface area contributed by atoms with Gasteiger partial charge >= 0.3 is 6.09 Å². The number of aryl methyl sites for hydroxylation is 1. The first-order valence-electron chi connectivity index (χ1n) is 7.76. The molecule has 122 valence electrons. The first-order chi connectivity index (χ1) is 11.1. The molecule has 23 heavy (non-hydrogen) atoms. The van der Waals surface area contributed by atoms with Crippen LogP contribution in [-0.2, 0) is 4.74 Å². The maximum Gasteiger partial charge on any atom is 0.409 e. The number of imidazole rings is 1. The molecule has 0 aromatic carbocycles. The Morgan fingerprint density at radius 2 is 1.87 bits per heavy atom. The number of fused-ring (bicyclic) bond motifs is 1. The SMILES string of the molecule is CCOC(=O)N1CCN(C(=O)c2c(C)nc3ccccn23)CC1. The van der Waals surface area contributed by atoms with Crippen molar-refractivity contribution in [3.63, 3.8) is 0 Å². The fourth-order valence-electron chi connectivity index (χ4n) is 2.83. The molecular weight excluding hydrogens is 296 g/mol. The molecule has 1 fully saturated rings. The third-order valence-corrected chi connectivity index (χ3v) is 4.00. The second-order valence-corrected chi connectivity index (χ2v) is 5.45. The molecule has 3 rings (SSSR count). The molecule has 0 unspecified atom stereocenters. The standard InChI is InChI=1S/C16H20N4O3/c1-3-23-16(22)19-10-8-18(9-11-19)15(21)14-12(2)17-13-6-4-5-7-20(13)14/h4-7H,3,8-11H2,1-2H3. The van der Waals surface area contributed by atoms with E-state index in [4.69, 9.17) is 4.74 Å². The van der Waals surface area contributed by atoms with Crippen molar-refractivity contribution in [1.82, 2.24) is 19.2 Å². The number of ether oxygens (including phenoxy) is 1. The van der Waals surface area contributed by atoms with Crippen LogP contribution in [0.3, 0.4) is 0 Å². The normalized spacial score (nSPS) is 15.0. The lowest BCUT2D eigenvalue weighted by atomic mass is 10.2. The van der Waals surface area contributed by atoms with Crippen LogP contribution in [0.15, 0.2) is 24.4 Å². The van der Waals surface area contributed by atoms with E-state index in [0.29, 0.717) is 44.2 Å². The molecule has 1 aliphatic rings. The monoisotopic (exact) mass is 316 g/mol. The highest BCUT2D eigenvalue weighted by atomic mass is 16.6. The molecule has 0 radical (unpaired) electrons. The van der Waals surface area contributed by atoms with E-state index in [-0.39, 0.29) is 12.0 Å². The number of rotatable bonds is 2. The molecule has 7 nitrogen and oxygen atoms in total. The maximum absolute atomic E-state index is 12.8. The zero-order chi connectivity index (χ0) is 16.4. The summed E-state index contributed by atoms with van der Waals surface area (Å²) in [4.78, 5) is 32.4. The van der Waals surface area contributed by atoms with Gasteiger partial charge < -0.3 is 14.5 Å². The Bertz CT molecular complexity index is 732. The second-order valence-electron chi connectivity index (χ2n) is 5.45. The lowest BCUT2D eigenvalue weighted by molar-refractivity contribution is 0.0564. The Labute approximate surface area is 134 Å². The Hall–Kier alpha value is -2.57. The van der Waals surface area contributed by atoms with E-state index in [0.717, 1.165) is 5.65 Å². The summed E-state index contributed by atoms with van der Waals surface area (Å²) in [7, 11) is 0. The summed E-state index contributed by atoms with van der Waals surface area (Å²) in [6.45, 7) is 5.95. The maximum atomic E-state index is 12.8. The van der Waals surface area contributed by atoms with Gasteiger partial charge in [0.05, 0.1) is 12.3 Å². The van der Waals surface area contributed by atoms with E-state index >= 15 is 0 Å². The average molecular weight is 316 g/mol. The van der Waals surface area contributed by atoms with Crippen molar-refractivity contribution in [3.05, 3.63) is 35.8 Å². The van der Waals surface area contributed by atoms with Crippen LogP contribution >= 0.6 is 0 Å². The van der Waals surface area contributed by atoms with Gasteiger partial charge in [0.1, 0.15) is 11.3 Å². The highest BCUT2D eigenvalue weighted by Crippen LogP contribution is 2.15. The van der Waals surface area contributed by atoms with E-state index in [1.807, 2.05) is 35.7 Å². The van der Waals surface area contributed by atoms with Crippen LogP contribution in [-0.4, -0.2) is 64.0 Å². The van der Waals surface area contributed by atoms with Crippen LogP contribution in [0.25, 0.3) is 5.65 Å². The first-order valence-corrected chi connectivity index (χ1v) is 7.76. The fourth-order valence-corrected chi connectivity index (χ4v) is 2.83. The molecule has 0 bridgehead atoms. The molecule has 2 aromatic heterocycles. The van der Waals surface area contributed by atoms with Crippen molar-refractivity contribution in [3.8, 4) is 0 Å². The summed E-state index contributed by atoms with van der Waals surface area (Å²) in [5.74, 6) is -0.0512. The third-order valence-electron chi connectivity index (χ3n) is 4.00. The van der Waals surface area contributed by atoms with Gasteiger partial charge in [0, 0.05) is 32.4 Å². The van der Waals surface area contributed by atoms with E-state index in [1.165, 1.54) is 0 Å². The number of aromatic nitrogens is 2. The lowest BCUT2D eigenvalue weighted by Gasteiger charge is -2.34. The van der Waals surface area contributed by atoms with Crippen molar-refractivity contribution >= 4 is 17.6 Å². The molecule has 0 N–H and O–H groups in total. The van der Waals surface area contributed by atoms with E-state index in [9.17, 15) is 9.59 Å². The molecule has 0 spiro atoms. The zero-order valence-corrected chi connectivity index (χ0v) is 13.4. The van der Waals surface area contributed by atoms with E-state index in [1.54, 1.807) is 16.7 Å². The molecule has 0 saturated carbocycles. The molecule has 1 aliphatic heterocycles. The van der Waals surface area contributed by atoms with Gasteiger partial charge in [0.15, 0.2) is 0 Å². The second kappa shape index (κ2) is 6.28. The number of piperazine rings is 1. The number of pyridine rings is 1. The van der Waals surface area contributed by atoms with E-state index < -0.39 is 0 Å². The number of hydrogen-bond donors (Lipinski definition) is 0. The van der Waals surface area contributed by atoms with Crippen LogP contribution < -0.4 is 0 Å². The van der Waals surface area contributed by atoms with Crippen molar-refractivity contribution < 1.29 is 14.3 Å². The van der Waals surface area contributed by atoms with Gasteiger partial charge in [-0.1, -0.05) is 6.07 Å². The van der Waals surface area contributed by atoms with Crippen LogP contribution in [0.5, 0.6) is 0 Å². The summed E-state index contributed by atoms with van der Waals surface area (Å²) in [6.07, 6.45) is 1.53. The highest BCUT2D eigenvalue weighted by molar-refractivity contribution is 5.94. The summed E-state index contributed by atoms with van der Waals surface area (Å²) in [5.41, 5.74) is 2.07. The Morgan fingerprint density at radius 1 is 1.17 bits per heavy atom. The predicted octanol–water partition coefficient (Wildman–Crippen LogP) is 1.56. The van der Waals surface area contributed by atoms with Gasteiger partial charge in [-0.25, -0.2) is 9.78 Å². The van der Waals surface area contributed by atoms with Crippen molar-refractivity contribution in [2.75, 3.05) is 32.8 Å². The average Bonchev–Trinajstić information content (AvgIpc) is 2.90. The number of carbonyl (C=O) groups is 2. The third kappa shape index (κ3) is 2.86. The molecule has 0 aliphatic carbocycles. The number of amides is 2. The predicted molar refractivity (Wildman–Crippen MR) is 84.4 cm³/mol. The topological polar surface area (TPSA) is 67.2 Å². The number of nitrogens with zero attached hydrogens (tertiary/aromatic N) is 4.